The Kier molecular flexibility index (Phi) is 8.13. The van der Waals surface area contributed by atoms with Gasteiger partial charge in [-0.05, 0) is 31.2 Å². The van der Waals surface area contributed by atoms with Gasteiger partial charge in [-0.15, -0.1) is 0 Å². The number of carbonyl (C=O) groups excluding carboxylic acids is 1. The van der Waals surface area contributed by atoms with E-state index in [0.717, 1.165) is 16.9 Å². The molecule has 1 aromatic carbocycles. The second-order valence-electron chi connectivity index (χ2n) is 4.51. The Hall–Kier alpha value is -1.97. The number of amides is 2. The average Bonchev–Trinajstić information content (AvgIpc) is 2.46. The Bertz CT molecular complexity index is 424. The third-order valence-corrected chi connectivity index (χ3v) is 2.56. The van der Waals surface area contributed by atoms with Crippen molar-refractivity contribution in [3.63, 3.8) is 0 Å². The summed E-state index contributed by atoms with van der Waals surface area (Å²) in [5, 5.41) is 2.64. The normalized spacial score (nSPS) is 9.10. The largest absolute Gasteiger partial charge is 0.378 e. The van der Waals surface area contributed by atoms with Crippen LogP contribution in [0.15, 0.2) is 36.4 Å². The Labute approximate surface area is 123 Å². The van der Waals surface area contributed by atoms with E-state index < -0.39 is 0 Å². The fraction of sp³-hybridized carbons (Fsp3) is 0.438. The lowest BCUT2D eigenvalue weighted by Gasteiger charge is -2.23. The Morgan fingerprint density at radius 3 is 1.95 bits per heavy atom. The number of hydrogen-bond acceptors (Lipinski definition) is 2. The fourth-order valence-electron chi connectivity index (χ4n) is 1.62. The number of anilines is 2. The van der Waals surface area contributed by atoms with Crippen LogP contribution < -0.4 is 15.1 Å². The van der Waals surface area contributed by atoms with Gasteiger partial charge in [-0.2, -0.15) is 0 Å². The molecule has 0 aliphatic carbocycles. The summed E-state index contributed by atoms with van der Waals surface area (Å²) >= 11 is 0. The molecule has 4 heteroatoms. The quantitative estimate of drug-likeness (QED) is 0.855. The number of urea groups is 1. The monoisotopic (exact) mass is 277 g/mol. The number of nitrogens with zero attached hydrogens (tertiary/aromatic N) is 2. The van der Waals surface area contributed by atoms with Crippen LogP contribution >= 0.6 is 0 Å². The fourth-order valence-corrected chi connectivity index (χ4v) is 1.62. The second-order valence-corrected chi connectivity index (χ2v) is 4.51. The number of rotatable bonds is 4. The van der Waals surface area contributed by atoms with Crippen molar-refractivity contribution in [3.8, 4) is 0 Å². The van der Waals surface area contributed by atoms with E-state index in [-0.39, 0.29) is 6.03 Å². The molecule has 1 rings (SSSR count). The van der Waals surface area contributed by atoms with Gasteiger partial charge < -0.3 is 10.2 Å². The molecular weight excluding hydrogens is 250 g/mol. The predicted molar refractivity (Wildman–Crippen MR) is 88.7 cm³/mol. The Balaban J connectivity index is 0.00000172. The highest BCUT2D eigenvalue weighted by Gasteiger charge is 2.14. The molecule has 1 aromatic rings. The lowest BCUT2D eigenvalue weighted by Crippen LogP contribution is -2.39. The van der Waals surface area contributed by atoms with E-state index in [0.29, 0.717) is 6.54 Å². The first-order valence-corrected chi connectivity index (χ1v) is 6.86. The maximum atomic E-state index is 11.8. The number of hydrogen-bond donors (Lipinski definition) is 1. The van der Waals surface area contributed by atoms with Crippen LogP contribution in [0.1, 0.15) is 20.8 Å². The summed E-state index contributed by atoms with van der Waals surface area (Å²) in [6.07, 6.45) is 0. The molecular formula is C16H27N3O. The molecule has 0 heterocycles. The van der Waals surface area contributed by atoms with Gasteiger partial charge in [0.15, 0.2) is 0 Å². The zero-order valence-electron chi connectivity index (χ0n) is 13.5. The molecule has 20 heavy (non-hydrogen) atoms. The summed E-state index contributed by atoms with van der Waals surface area (Å²) in [5.74, 6) is 0. The minimum absolute atomic E-state index is 0.129. The van der Waals surface area contributed by atoms with E-state index in [1.54, 1.807) is 11.9 Å². The topological polar surface area (TPSA) is 35.6 Å². The smallest absolute Gasteiger partial charge is 0.321 e. The summed E-state index contributed by atoms with van der Waals surface area (Å²) in [7, 11) is 5.60. The Morgan fingerprint density at radius 2 is 1.60 bits per heavy atom. The maximum absolute atomic E-state index is 11.8. The minimum atomic E-state index is -0.129. The summed E-state index contributed by atoms with van der Waals surface area (Å²) in [5.41, 5.74) is 2.91. The van der Waals surface area contributed by atoms with Crippen LogP contribution in [0.2, 0.25) is 0 Å². The average molecular weight is 277 g/mol. The third kappa shape index (κ3) is 5.34. The van der Waals surface area contributed by atoms with E-state index in [2.05, 4.69) is 11.9 Å². The molecule has 0 aliphatic rings. The number of benzene rings is 1. The molecule has 112 valence electrons. The molecule has 2 amide bonds. The molecule has 0 radical (unpaired) electrons. The molecule has 0 aromatic heterocycles. The van der Waals surface area contributed by atoms with Gasteiger partial charge in [0.1, 0.15) is 0 Å². The van der Waals surface area contributed by atoms with Gasteiger partial charge in [-0.25, -0.2) is 4.79 Å². The van der Waals surface area contributed by atoms with Crippen molar-refractivity contribution in [2.24, 2.45) is 0 Å². The van der Waals surface area contributed by atoms with Gasteiger partial charge in [-0.3, -0.25) is 4.90 Å². The van der Waals surface area contributed by atoms with Crippen molar-refractivity contribution in [2.45, 2.75) is 20.8 Å². The molecule has 0 aliphatic heterocycles. The van der Waals surface area contributed by atoms with Gasteiger partial charge in [0.2, 0.25) is 0 Å². The molecule has 1 N–H and O–H groups in total. The number of nitrogens with one attached hydrogen (secondary N) is 1. The van der Waals surface area contributed by atoms with Gasteiger partial charge in [0, 0.05) is 39.1 Å². The van der Waals surface area contributed by atoms with E-state index >= 15 is 0 Å². The molecule has 0 saturated heterocycles. The highest BCUT2D eigenvalue weighted by Crippen LogP contribution is 2.20. The van der Waals surface area contributed by atoms with E-state index in [1.165, 1.54) is 0 Å². The van der Waals surface area contributed by atoms with E-state index in [4.69, 9.17) is 0 Å². The van der Waals surface area contributed by atoms with E-state index in [1.807, 2.05) is 64.0 Å². The number of carbonyl (C=O) groups is 1. The van der Waals surface area contributed by atoms with Crippen molar-refractivity contribution in [1.82, 2.24) is 5.32 Å². The van der Waals surface area contributed by atoms with Crippen LogP contribution in [-0.2, 0) is 0 Å². The van der Waals surface area contributed by atoms with E-state index in [9.17, 15) is 4.79 Å². The summed E-state index contributed by atoms with van der Waals surface area (Å²) < 4.78 is 0. The SMILES string of the molecule is C=C(C)CN(C(=O)NC)c1ccc(N(C)C)cc1.CC. The van der Waals surface area contributed by atoms with Crippen LogP contribution in [0.3, 0.4) is 0 Å². The first-order valence-electron chi connectivity index (χ1n) is 6.86. The molecule has 0 bridgehead atoms. The Morgan fingerprint density at radius 1 is 1.15 bits per heavy atom. The van der Waals surface area contributed by atoms with Crippen molar-refractivity contribution in [3.05, 3.63) is 36.4 Å². The second kappa shape index (κ2) is 9.02. The van der Waals surface area contributed by atoms with Gasteiger partial charge in [-0.1, -0.05) is 26.0 Å². The molecule has 4 nitrogen and oxygen atoms in total. The van der Waals surface area contributed by atoms with Crippen LogP contribution in [0.25, 0.3) is 0 Å². The molecule has 0 spiro atoms. The van der Waals surface area contributed by atoms with Crippen molar-refractivity contribution in [2.75, 3.05) is 37.5 Å². The third-order valence-electron chi connectivity index (χ3n) is 2.56. The zero-order chi connectivity index (χ0) is 15.7. The predicted octanol–water partition coefficient (Wildman–Crippen LogP) is 3.50. The van der Waals surface area contributed by atoms with Crippen molar-refractivity contribution < 1.29 is 4.79 Å². The lowest BCUT2D eigenvalue weighted by molar-refractivity contribution is 0.248. The van der Waals surface area contributed by atoms with Gasteiger partial charge >= 0.3 is 6.03 Å². The first kappa shape index (κ1) is 18.0. The highest BCUT2D eigenvalue weighted by atomic mass is 16.2. The molecule has 0 saturated carbocycles. The molecule has 0 unspecified atom stereocenters. The summed E-state index contributed by atoms with van der Waals surface area (Å²) in [6, 6.07) is 7.73. The molecule has 0 fully saturated rings. The van der Waals surface area contributed by atoms with Gasteiger partial charge in [0.25, 0.3) is 0 Å². The van der Waals surface area contributed by atoms with Gasteiger partial charge in [0.05, 0.1) is 0 Å². The van der Waals surface area contributed by atoms with Crippen LogP contribution in [-0.4, -0.2) is 33.7 Å². The lowest BCUT2D eigenvalue weighted by atomic mass is 10.2. The standard InChI is InChI=1S/C14H21N3O.C2H6/c1-11(2)10-17(14(18)15-3)13-8-6-12(7-9-13)16(4)5;1-2/h6-9H,1,10H2,2-5H3,(H,15,18);1-2H3. The van der Waals surface area contributed by atoms with Crippen molar-refractivity contribution in [1.29, 1.82) is 0 Å². The van der Waals surface area contributed by atoms with Crippen LogP contribution in [0.4, 0.5) is 16.2 Å². The zero-order valence-corrected chi connectivity index (χ0v) is 13.5. The molecule has 0 atom stereocenters. The van der Waals surface area contributed by atoms with Crippen molar-refractivity contribution >= 4 is 17.4 Å². The highest BCUT2D eigenvalue weighted by molar-refractivity contribution is 5.92. The first-order chi connectivity index (χ1) is 9.45. The summed E-state index contributed by atoms with van der Waals surface area (Å²) in [4.78, 5) is 15.5. The van der Waals surface area contributed by atoms with Crippen LogP contribution in [0.5, 0.6) is 0 Å². The summed E-state index contributed by atoms with van der Waals surface area (Å²) in [6.45, 7) is 10.3. The maximum Gasteiger partial charge on any atom is 0.321 e. The minimum Gasteiger partial charge on any atom is -0.378 e. The van der Waals surface area contributed by atoms with Crippen LogP contribution in [0, 0.1) is 0 Å².